The SMILES string of the molecule is COc1ccc(OC)c(C=NNC(=O)c2nnn(-c3nonc3N)c2CSc2ccccc2)c1. The molecule has 0 saturated carbocycles. The van der Waals surface area contributed by atoms with Crippen LogP contribution in [0.5, 0.6) is 11.5 Å². The summed E-state index contributed by atoms with van der Waals surface area (Å²) in [7, 11) is 3.09. The molecule has 0 aliphatic heterocycles. The summed E-state index contributed by atoms with van der Waals surface area (Å²) >= 11 is 1.49. The average molecular weight is 481 g/mol. The number of hydrogen-bond acceptors (Lipinski definition) is 11. The molecular formula is C21H20N8O4S. The number of amides is 1. The Morgan fingerprint density at radius 3 is 2.74 bits per heavy atom. The number of hydrazone groups is 1. The molecule has 34 heavy (non-hydrogen) atoms. The lowest BCUT2D eigenvalue weighted by molar-refractivity contribution is 0.0949. The van der Waals surface area contributed by atoms with E-state index in [4.69, 9.17) is 15.2 Å². The molecule has 3 N–H and O–H groups in total. The molecule has 13 heteroatoms. The molecule has 4 aromatic rings. The lowest BCUT2D eigenvalue weighted by Crippen LogP contribution is -2.20. The minimum Gasteiger partial charge on any atom is -0.497 e. The average Bonchev–Trinajstić information content (AvgIpc) is 3.48. The molecular weight excluding hydrogens is 460 g/mol. The third-order valence-electron chi connectivity index (χ3n) is 4.60. The fraction of sp³-hybridized carbons (Fsp3) is 0.143. The Hall–Kier alpha value is -4.39. The van der Waals surface area contributed by atoms with Gasteiger partial charge in [-0.2, -0.15) is 9.78 Å². The Kier molecular flexibility index (Phi) is 7.03. The molecule has 0 atom stereocenters. The monoisotopic (exact) mass is 480 g/mol. The molecule has 0 aliphatic carbocycles. The maximum atomic E-state index is 12.9. The van der Waals surface area contributed by atoms with E-state index in [2.05, 4.69) is 35.8 Å². The summed E-state index contributed by atoms with van der Waals surface area (Å²) < 4.78 is 16.5. The first kappa shape index (κ1) is 22.8. The van der Waals surface area contributed by atoms with Crippen LogP contribution in [-0.4, -0.2) is 51.6 Å². The second-order valence-corrected chi connectivity index (χ2v) is 7.73. The van der Waals surface area contributed by atoms with Gasteiger partial charge in [-0.3, -0.25) is 4.79 Å². The van der Waals surface area contributed by atoms with Crippen LogP contribution in [0.1, 0.15) is 21.7 Å². The highest BCUT2D eigenvalue weighted by Crippen LogP contribution is 2.26. The maximum absolute atomic E-state index is 12.9. The Morgan fingerprint density at radius 1 is 1.21 bits per heavy atom. The number of nitrogens with one attached hydrogen (secondary N) is 1. The van der Waals surface area contributed by atoms with Crippen molar-refractivity contribution in [3.8, 4) is 17.3 Å². The second-order valence-electron chi connectivity index (χ2n) is 6.68. The molecule has 0 saturated heterocycles. The molecule has 0 spiro atoms. The summed E-state index contributed by atoms with van der Waals surface area (Å²) in [5.74, 6) is 1.13. The first-order valence-corrected chi connectivity index (χ1v) is 10.9. The molecule has 0 aliphatic rings. The van der Waals surface area contributed by atoms with Gasteiger partial charge in [-0.1, -0.05) is 23.4 Å². The quantitative estimate of drug-likeness (QED) is 0.207. The Bertz CT molecular complexity index is 1310. The summed E-state index contributed by atoms with van der Waals surface area (Å²) in [6.07, 6.45) is 1.45. The lowest BCUT2D eigenvalue weighted by atomic mass is 10.2. The molecule has 0 radical (unpaired) electrons. The summed E-state index contributed by atoms with van der Waals surface area (Å²) in [6.45, 7) is 0. The van der Waals surface area contributed by atoms with Crippen molar-refractivity contribution in [2.24, 2.45) is 5.10 Å². The number of methoxy groups -OCH3 is 2. The normalized spacial score (nSPS) is 11.0. The lowest BCUT2D eigenvalue weighted by Gasteiger charge is -2.07. The molecule has 174 valence electrons. The zero-order valence-corrected chi connectivity index (χ0v) is 19.0. The molecule has 4 rings (SSSR count). The standard InChI is InChI=1S/C21H20N8O4S/c1-31-14-8-9-17(32-2)13(10-14)11-23-25-21(30)18-16(12-34-15-6-4-3-5-7-15)29(28-24-18)20-19(22)26-33-27-20/h3-11H,12H2,1-2H3,(H2,22,26)(H,25,30). The largest absolute Gasteiger partial charge is 0.497 e. The Morgan fingerprint density at radius 2 is 2.03 bits per heavy atom. The van der Waals surface area contributed by atoms with E-state index in [0.717, 1.165) is 4.90 Å². The maximum Gasteiger partial charge on any atom is 0.293 e. The molecule has 1 amide bonds. The van der Waals surface area contributed by atoms with Crippen LogP contribution in [0.15, 0.2) is 63.2 Å². The molecule has 2 aromatic heterocycles. The van der Waals surface area contributed by atoms with Gasteiger partial charge in [0, 0.05) is 16.2 Å². The summed E-state index contributed by atoms with van der Waals surface area (Å²) in [6, 6.07) is 14.9. The van der Waals surface area contributed by atoms with Gasteiger partial charge in [-0.05, 0) is 40.6 Å². The fourth-order valence-electron chi connectivity index (χ4n) is 2.94. The zero-order valence-electron chi connectivity index (χ0n) is 18.2. The van der Waals surface area contributed by atoms with Crippen LogP contribution in [0.3, 0.4) is 0 Å². The summed E-state index contributed by atoms with van der Waals surface area (Å²) in [5.41, 5.74) is 9.41. The molecule has 12 nitrogen and oxygen atoms in total. The van der Waals surface area contributed by atoms with Crippen molar-refractivity contribution in [2.45, 2.75) is 10.6 Å². The topological polar surface area (TPSA) is 156 Å². The van der Waals surface area contributed by atoms with Crippen molar-refractivity contribution in [1.29, 1.82) is 0 Å². The van der Waals surface area contributed by atoms with Crippen LogP contribution in [0, 0.1) is 0 Å². The van der Waals surface area contributed by atoms with E-state index in [1.165, 1.54) is 29.8 Å². The number of anilines is 1. The number of nitrogens with two attached hydrogens (primary N) is 1. The van der Waals surface area contributed by atoms with Crippen LogP contribution >= 0.6 is 11.8 Å². The predicted molar refractivity (Wildman–Crippen MR) is 124 cm³/mol. The van der Waals surface area contributed by atoms with Gasteiger partial charge in [0.2, 0.25) is 11.6 Å². The van der Waals surface area contributed by atoms with E-state index in [1.807, 2.05) is 30.3 Å². The van der Waals surface area contributed by atoms with E-state index >= 15 is 0 Å². The highest BCUT2D eigenvalue weighted by molar-refractivity contribution is 7.98. The van der Waals surface area contributed by atoms with Crippen molar-refractivity contribution < 1.29 is 18.9 Å². The molecule has 0 fully saturated rings. The molecule has 0 bridgehead atoms. The number of thioether (sulfide) groups is 1. The van der Waals surface area contributed by atoms with E-state index in [-0.39, 0.29) is 17.3 Å². The first-order chi connectivity index (χ1) is 16.6. The summed E-state index contributed by atoms with van der Waals surface area (Å²) in [5, 5.41) is 19.4. The minimum absolute atomic E-state index is 0.0194. The highest BCUT2D eigenvalue weighted by atomic mass is 32.2. The van der Waals surface area contributed by atoms with Crippen molar-refractivity contribution in [2.75, 3.05) is 20.0 Å². The number of carbonyl (C=O) groups excluding carboxylic acids is 1. The first-order valence-electron chi connectivity index (χ1n) is 9.87. The van der Waals surface area contributed by atoms with E-state index in [9.17, 15) is 4.79 Å². The van der Waals surface area contributed by atoms with Gasteiger partial charge < -0.3 is 15.2 Å². The number of rotatable bonds is 9. The Labute approximate surface area is 198 Å². The van der Waals surface area contributed by atoms with Crippen molar-refractivity contribution in [1.82, 2.24) is 30.7 Å². The third-order valence-corrected chi connectivity index (χ3v) is 5.62. The number of benzene rings is 2. The number of carbonyl (C=O) groups is 1. The van der Waals surface area contributed by atoms with Crippen molar-refractivity contribution in [3.05, 3.63) is 65.5 Å². The van der Waals surface area contributed by atoms with Gasteiger partial charge in [-0.15, -0.1) is 16.9 Å². The van der Waals surface area contributed by atoms with Crippen LogP contribution in [-0.2, 0) is 5.75 Å². The third kappa shape index (κ3) is 4.99. The number of aromatic nitrogens is 5. The zero-order chi connectivity index (χ0) is 23.9. The predicted octanol–water partition coefficient (Wildman–Crippen LogP) is 2.31. The van der Waals surface area contributed by atoms with Crippen molar-refractivity contribution >= 4 is 29.7 Å². The van der Waals surface area contributed by atoms with E-state index in [1.54, 1.807) is 25.3 Å². The number of nitrogens with zero attached hydrogens (tertiary/aromatic N) is 6. The number of nitrogen functional groups attached to an aromatic ring is 1. The van der Waals surface area contributed by atoms with Gasteiger partial charge in [0.05, 0.1) is 26.1 Å². The second kappa shape index (κ2) is 10.5. The fourth-order valence-corrected chi connectivity index (χ4v) is 3.85. The molecule has 0 unspecified atom stereocenters. The Balaban J connectivity index is 1.58. The van der Waals surface area contributed by atoms with Gasteiger partial charge in [0.25, 0.3) is 5.91 Å². The van der Waals surface area contributed by atoms with Crippen LogP contribution < -0.4 is 20.6 Å². The van der Waals surface area contributed by atoms with Crippen LogP contribution in [0.4, 0.5) is 5.82 Å². The number of hydrogen-bond donors (Lipinski definition) is 2. The van der Waals surface area contributed by atoms with E-state index in [0.29, 0.717) is 28.5 Å². The minimum atomic E-state index is -0.567. The smallest absolute Gasteiger partial charge is 0.293 e. The van der Waals surface area contributed by atoms with Gasteiger partial charge >= 0.3 is 0 Å². The molecule has 2 aromatic carbocycles. The number of ether oxygens (including phenoxy) is 2. The van der Waals surface area contributed by atoms with E-state index < -0.39 is 5.91 Å². The van der Waals surface area contributed by atoms with Crippen molar-refractivity contribution in [3.63, 3.8) is 0 Å². The van der Waals surface area contributed by atoms with Gasteiger partial charge in [0.1, 0.15) is 11.5 Å². The summed E-state index contributed by atoms with van der Waals surface area (Å²) in [4.78, 5) is 13.9. The van der Waals surface area contributed by atoms with Gasteiger partial charge in [-0.25, -0.2) is 10.1 Å². The van der Waals surface area contributed by atoms with Gasteiger partial charge in [0.15, 0.2) is 5.69 Å². The van der Waals surface area contributed by atoms with Crippen LogP contribution in [0.2, 0.25) is 0 Å². The van der Waals surface area contributed by atoms with Crippen LogP contribution in [0.25, 0.3) is 5.82 Å². The highest BCUT2D eigenvalue weighted by Gasteiger charge is 2.24. The molecule has 2 heterocycles.